The highest BCUT2D eigenvalue weighted by atomic mass is 16.6. The summed E-state index contributed by atoms with van der Waals surface area (Å²) in [5.41, 5.74) is 3.25. The van der Waals surface area contributed by atoms with Crippen LogP contribution in [0.3, 0.4) is 0 Å². The van der Waals surface area contributed by atoms with Crippen molar-refractivity contribution in [1.82, 2.24) is 4.90 Å². The van der Waals surface area contributed by atoms with E-state index in [1.165, 1.54) is 11.1 Å². The van der Waals surface area contributed by atoms with Crippen LogP contribution in [0.5, 0.6) is 11.5 Å². The molecule has 1 amide bonds. The maximum atomic E-state index is 13.1. The second-order valence-electron chi connectivity index (χ2n) is 9.65. The highest BCUT2D eigenvalue weighted by molar-refractivity contribution is 5.72. The molecule has 0 aromatic heterocycles. The van der Waals surface area contributed by atoms with Crippen molar-refractivity contribution in [2.45, 2.75) is 52.1 Å². The van der Waals surface area contributed by atoms with Gasteiger partial charge < -0.3 is 24.2 Å². The molecule has 3 rings (SSSR count). The fourth-order valence-electron chi connectivity index (χ4n) is 4.13. The zero-order valence-electron chi connectivity index (χ0n) is 23.0. The minimum absolute atomic E-state index is 0.280. The van der Waals surface area contributed by atoms with Crippen LogP contribution in [0.15, 0.2) is 78.9 Å². The Balaban J connectivity index is 1.57. The van der Waals surface area contributed by atoms with Gasteiger partial charge in [-0.3, -0.25) is 0 Å². The van der Waals surface area contributed by atoms with E-state index in [-0.39, 0.29) is 6.42 Å². The van der Waals surface area contributed by atoms with E-state index in [0.717, 1.165) is 18.4 Å². The number of carbonyl (C=O) groups is 2. The van der Waals surface area contributed by atoms with Gasteiger partial charge in [-0.15, -0.1) is 0 Å². The highest BCUT2D eigenvalue weighted by Crippen LogP contribution is 2.20. The second-order valence-corrected chi connectivity index (χ2v) is 9.65. The van der Waals surface area contributed by atoms with Crippen LogP contribution < -0.4 is 9.47 Å². The summed E-state index contributed by atoms with van der Waals surface area (Å²) < 4.78 is 16.9. The summed E-state index contributed by atoms with van der Waals surface area (Å²) in [4.78, 5) is 26.1. The first kappa shape index (κ1) is 29.7. The van der Waals surface area contributed by atoms with Gasteiger partial charge >= 0.3 is 12.1 Å². The normalized spacial score (nSPS) is 11.7. The molecule has 7 nitrogen and oxygen atoms in total. The molecule has 1 unspecified atom stereocenters. The van der Waals surface area contributed by atoms with Gasteiger partial charge in [-0.05, 0) is 66.6 Å². The van der Waals surface area contributed by atoms with Crippen LogP contribution in [0, 0.1) is 0 Å². The molecular formula is C32H39NO6. The third kappa shape index (κ3) is 10.1. The largest absolute Gasteiger partial charge is 0.492 e. The highest BCUT2D eigenvalue weighted by Gasteiger charge is 2.18. The number of hydrogen-bond donors (Lipinski definition) is 1. The average Bonchev–Trinajstić information content (AvgIpc) is 2.93. The van der Waals surface area contributed by atoms with E-state index in [4.69, 9.17) is 14.2 Å². The molecule has 0 radical (unpaired) electrons. The van der Waals surface area contributed by atoms with Crippen molar-refractivity contribution in [3.05, 3.63) is 95.6 Å². The summed E-state index contributed by atoms with van der Waals surface area (Å²) in [7, 11) is 0. The van der Waals surface area contributed by atoms with Crippen molar-refractivity contribution >= 4 is 12.1 Å². The molecule has 0 saturated carbocycles. The van der Waals surface area contributed by atoms with E-state index in [2.05, 4.69) is 26.0 Å². The predicted octanol–water partition coefficient (Wildman–Crippen LogP) is 6.35. The number of hydrogen-bond acceptors (Lipinski definition) is 5. The third-order valence-corrected chi connectivity index (χ3v) is 6.36. The molecule has 0 aliphatic carbocycles. The first-order valence-corrected chi connectivity index (χ1v) is 13.5. The molecule has 1 atom stereocenters. The molecule has 39 heavy (non-hydrogen) atoms. The number of aliphatic carboxylic acids is 1. The van der Waals surface area contributed by atoms with Gasteiger partial charge in [0.05, 0.1) is 6.54 Å². The Morgan fingerprint density at radius 3 is 2.13 bits per heavy atom. The number of benzene rings is 3. The minimum atomic E-state index is -0.979. The molecule has 3 aromatic rings. The van der Waals surface area contributed by atoms with Gasteiger partial charge in [-0.1, -0.05) is 68.4 Å². The molecule has 1 N–H and O–H groups in total. The van der Waals surface area contributed by atoms with Crippen LogP contribution in [0.1, 0.15) is 49.8 Å². The molecule has 0 spiro atoms. The van der Waals surface area contributed by atoms with Crippen LogP contribution in [-0.2, 0) is 22.4 Å². The van der Waals surface area contributed by atoms with Gasteiger partial charge in [0, 0.05) is 19.6 Å². The predicted molar refractivity (Wildman–Crippen MR) is 152 cm³/mol. The van der Waals surface area contributed by atoms with Crippen LogP contribution in [0.2, 0.25) is 0 Å². The van der Waals surface area contributed by atoms with Gasteiger partial charge in [0.25, 0.3) is 0 Å². The Bertz CT molecular complexity index is 1150. The lowest BCUT2D eigenvalue weighted by Gasteiger charge is -2.22. The molecule has 3 aromatic carbocycles. The van der Waals surface area contributed by atoms with Crippen molar-refractivity contribution in [3.8, 4) is 11.5 Å². The summed E-state index contributed by atoms with van der Waals surface area (Å²) in [6.45, 7) is 7.55. The zero-order valence-corrected chi connectivity index (χ0v) is 23.0. The number of ether oxygens (including phenoxy) is 3. The zero-order chi connectivity index (χ0) is 28.0. The molecule has 0 heterocycles. The minimum Gasteiger partial charge on any atom is -0.492 e. The van der Waals surface area contributed by atoms with Gasteiger partial charge in [0.2, 0.25) is 0 Å². The molecule has 0 saturated heterocycles. The SMILES string of the molecule is CCOC(Cc1ccc(OCCN(CCCc2ccccc2)C(=O)Oc2ccc(C(C)C)cc2)cc1)C(=O)O. The lowest BCUT2D eigenvalue weighted by atomic mass is 10.0. The maximum Gasteiger partial charge on any atom is 0.415 e. The standard InChI is InChI=1S/C32H39NO6/c1-4-37-30(31(34)35)23-26-12-16-28(17-13-26)38-22-21-33(20-8-11-25-9-6-5-7-10-25)32(36)39-29-18-14-27(15-19-29)24(2)3/h5-7,9-10,12-19,24,30H,4,8,11,20-23H2,1-3H3,(H,34,35). The van der Waals surface area contributed by atoms with E-state index < -0.39 is 18.2 Å². The molecule has 208 valence electrons. The van der Waals surface area contributed by atoms with E-state index >= 15 is 0 Å². The Morgan fingerprint density at radius 1 is 0.846 bits per heavy atom. The lowest BCUT2D eigenvalue weighted by Crippen LogP contribution is -2.37. The van der Waals surface area contributed by atoms with E-state index in [1.54, 1.807) is 24.0 Å². The van der Waals surface area contributed by atoms with Gasteiger partial charge in [0.1, 0.15) is 18.1 Å². The lowest BCUT2D eigenvalue weighted by molar-refractivity contribution is -0.149. The summed E-state index contributed by atoms with van der Waals surface area (Å²) in [5, 5.41) is 9.29. The Morgan fingerprint density at radius 2 is 1.51 bits per heavy atom. The number of carboxylic acid groups (broad SMARTS) is 1. The topological polar surface area (TPSA) is 85.3 Å². The van der Waals surface area contributed by atoms with Gasteiger partial charge in [0.15, 0.2) is 6.10 Å². The molecule has 0 aliphatic heterocycles. The fourth-order valence-corrected chi connectivity index (χ4v) is 4.13. The van der Waals surface area contributed by atoms with Gasteiger partial charge in [-0.2, -0.15) is 0 Å². The van der Waals surface area contributed by atoms with Crippen molar-refractivity contribution in [2.75, 3.05) is 26.3 Å². The summed E-state index contributed by atoms with van der Waals surface area (Å²) in [6.07, 6.45) is 0.649. The quantitative estimate of drug-likeness (QED) is 0.245. The van der Waals surface area contributed by atoms with Crippen LogP contribution in [0.4, 0.5) is 4.79 Å². The number of rotatable bonds is 15. The molecule has 0 fully saturated rings. The van der Waals surface area contributed by atoms with Crippen molar-refractivity contribution in [3.63, 3.8) is 0 Å². The Labute approximate surface area is 231 Å². The van der Waals surface area contributed by atoms with Crippen LogP contribution >= 0.6 is 0 Å². The third-order valence-electron chi connectivity index (χ3n) is 6.36. The summed E-state index contributed by atoms with van der Waals surface area (Å²) in [6, 6.07) is 25.1. The summed E-state index contributed by atoms with van der Waals surface area (Å²) >= 11 is 0. The van der Waals surface area contributed by atoms with Crippen LogP contribution in [0.25, 0.3) is 0 Å². The smallest absolute Gasteiger partial charge is 0.415 e. The molecule has 0 bridgehead atoms. The monoisotopic (exact) mass is 533 g/mol. The number of amides is 1. The summed E-state index contributed by atoms with van der Waals surface area (Å²) in [5.74, 6) is 0.579. The first-order chi connectivity index (χ1) is 18.9. The molecular weight excluding hydrogens is 494 g/mol. The van der Waals surface area contributed by atoms with Crippen molar-refractivity contribution < 1.29 is 28.9 Å². The van der Waals surface area contributed by atoms with E-state index in [0.29, 0.717) is 43.7 Å². The number of aryl methyl sites for hydroxylation is 1. The van der Waals surface area contributed by atoms with E-state index in [9.17, 15) is 14.7 Å². The molecule has 0 aliphatic rings. The second kappa shape index (κ2) is 15.5. The maximum absolute atomic E-state index is 13.1. The first-order valence-electron chi connectivity index (χ1n) is 13.5. The Hall–Kier alpha value is -3.84. The number of carboxylic acids is 1. The van der Waals surface area contributed by atoms with E-state index in [1.807, 2.05) is 54.6 Å². The van der Waals surface area contributed by atoms with Crippen molar-refractivity contribution in [2.24, 2.45) is 0 Å². The van der Waals surface area contributed by atoms with Crippen molar-refractivity contribution in [1.29, 1.82) is 0 Å². The fraction of sp³-hybridized carbons (Fsp3) is 0.375. The average molecular weight is 534 g/mol. The van der Waals surface area contributed by atoms with Gasteiger partial charge in [-0.25, -0.2) is 9.59 Å². The Kier molecular flexibility index (Phi) is 11.8. The number of nitrogens with zero attached hydrogens (tertiary/aromatic N) is 1. The molecule has 7 heteroatoms. The number of carbonyl (C=O) groups excluding carboxylic acids is 1. The van der Waals surface area contributed by atoms with Crippen LogP contribution in [-0.4, -0.2) is 54.5 Å².